The van der Waals surface area contributed by atoms with Gasteiger partial charge in [-0.05, 0) is 36.4 Å². The molecule has 0 fully saturated rings. The molecule has 0 unspecified atom stereocenters. The Hall–Kier alpha value is -2.04. The molecule has 0 bridgehead atoms. The number of aromatic nitrogens is 1. The molecule has 1 amide bonds. The molecule has 21 heavy (non-hydrogen) atoms. The minimum absolute atomic E-state index is 0.320. The fraction of sp³-hybridized carbons (Fsp3) is 0.0667. The van der Waals surface area contributed by atoms with Gasteiger partial charge >= 0.3 is 0 Å². The number of halogens is 2. The third-order valence-corrected chi connectivity index (χ3v) is 3.49. The van der Waals surface area contributed by atoms with Gasteiger partial charge in [0.15, 0.2) is 11.5 Å². The van der Waals surface area contributed by atoms with Gasteiger partial charge in [-0.15, -0.1) is 0 Å². The fourth-order valence-electron chi connectivity index (χ4n) is 1.99. The van der Waals surface area contributed by atoms with Crippen LogP contribution in [0.25, 0.3) is 11.1 Å². The molecule has 0 atom stereocenters. The van der Waals surface area contributed by atoms with E-state index in [9.17, 15) is 4.79 Å². The first-order valence-electron chi connectivity index (χ1n) is 6.16. The maximum Gasteiger partial charge on any atom is 0.257 e. The summed E-state index contributed by atoms with van der Waals surface area (Å²) < 4.78 is 5.38. The summed E-state index contributed by atoms with van der Waals surface area (Å²) in [7, 11) is 0. The Kier molecular flexibility index (Phi) is 3.57. The number of aryl methyl sites for hydroxylation is 1. The topological polar surface area (TPSA) is 55.1 Å². The number of nitrogens with one attached hydrogen (secondary N) is 1. The van der Waals surface area contributed by atoms with Gasteiger partial charge < -0.3 is 9.73 Å². The number of fused-ring (bicyclic) bond motifs is 1. The van der Waals surface area contributed by atoms with Crippen molar-refractivity contribution in [3.8, 4) is 0 Å². The van der Waals surface area contributed by atoms with Crippen molar-refractivity contribution in [2.75, 3.05) is 5.32 Å². The third kappa shape index (κ3) is 2.86. The third-order valence-electron chi connectivity index (χ3n) is 2.93. The summed E-state index contributed by atoms with van der Waals surface area (Å²) in [6.45, 7) is 1.77. The molecule has 3 aromatic rings. The summed E-state index contributed by atoms with van der Waals surface area (Å²) in [5.74, 6) is 0.244. The molecule has 2 aromatic carbocycles. The zero-order valence-electron chi connectivity index (χ0n) is 11.0. The normalized spacial score (nSPS) is 10.8. The standard InChI is InChI=1S/C15H10Cl2N2O2/c1-8-18-13-7-10(3-5-14(13)21-8)19-15(20)11-6-9(16)2-4-12(11)17/h2-7H,1H3,(H,19,20). The molecule has 0 saturated carbocycles. The van der Waals surface area contributed by atoms with Crippen LogP contribution in [0.3, 0.4) is 0 Å². The Labute approximate surface area is 130 Å². The van der Waals surface area contributed by atoms with Gasteiger partial charge in [0.05, 0.1) is 10.6 Å². The van der Waals surface area contributed by atoms with Gasteiger partial charge in [-0.3, -0.25) is 4.79 Å². The first kappa shape index (κ1) is 13.9. The van der Waals surface area contributed by atoms with E-state index in [-0.39, 0.29) is 5.91 Å². The van der Waals surface area contributed by atoms with E-state index >= 15 is 0 Å². The summed E-state index contributed by atoms with van der Waals surface area (Å²) >= 11 is 11.9. The zero-order valence-corrected chi connectivity index (χ0v) is 12.5. The highest BCUT2D eigenvalue weighted by molar-refractivity contribution is 6.36. The molecule has 0 spiro atoms. The minimum atomic E-state index is -0.331. The van der Waals surface area contributed by atoms with Gasteiger partial charge in [0, 0.05) is 17.6 Å². The Balaban J connectivity index is 1.90. The number of rotatable bonds is 2. The van der Waals surface area contributed by atoms with Gasteiger partial charge in [-0.1, -0.05) is 23.2 Å². The molecule has 106 valence electrons. The van der Waals surface area contributed by atoms with Crippen molar-refractivity contribution in [1.29, 1.82) is 0 Å². The molecule has 3 rings (SSSR count). The molecule has 1 heterocycles. The second kappa shape index (κ2) is 5.39. The van der Waals surface area contributed by atoms with Crippen molar-refractivity contribution in [2.45, 2.75) is 6.92 Å². The first-order chi connectivity index (χ1) is 10.0. The van der Waals surface area contributed by atoms with Crippen LogP contribution in [-0.4, -0.2) is 10.9 Å². The van der Waals surface area contributed by atoms with Crippen LogP contribution >= 0.6 is 23.2 Å². The molecular weight excluding hydrogens is 311 g/mol. The lowest BCUT2D eigenvalue weighted by atomic mass is 10.2. The summed E-state index contributed by atoms with van der Waals surface area (Å²) in [5, 5.41) is 3.56. The van der Waals surface area contributed by atoms with Gasteiger partial charge in [-0.2, -0.15) is 0 Å². The number of carbonyl (C=O) groups excluding carboxylic acids is 1. The number of benzene rings is 2. The van der Waals surface area contributed by atoms with E-state index in [2.05, 4.69) is 10.3 Å². The number of carbonyl (C=O) groups is 1. The van der Waals surface area contributed by atoms with Gasteiger partial charge in [0.1, 0.15) is 5.52 Å². The minimum Gasteiger partial charge on any atom is -0.441 e. The largest absolute Gasteiger partial charge is 0.441 e. The van der Waals surface area contributed by atoms with E-state index in [4.69, 9.17) is 27.6 Å². The number of nitrogens with zero attached hydrogens (tertiary/aromatic N) is 1. The monoisotopic (exact) mass is 320 g/mol. The number of amides is 1. The van der Waals surface area contributed by atoms with Crippen LogP contribution in [0.2, 0.25) is 10.0 Å². The Bertz CT molecular complexity index is 843. The average Bonchev–Trinajstić information content (AvgIpc) is 2.80. The number of hydrogen-bond donors (Lipinski definition) is 1. The molecule has 1 aromatic heterocycles. The Morgan fingerprint density at radius 3 is 2.81 bits per heavy atom. The molecule has 6 heteroatoms. The first-order valence-corrected chi connectivity index (χ1v) is 6.92. The van der Waals surface area contributed by atoms with Crippen molar-refractivity contribution in [2.24, 2.45) is 0 Å². The summed E-state index contributed by atoms with van der Waals surface area (Å²) in [5.41, 5.74) is 2.28. The highest BCUT2D eigenvalue weighted by atomic mass is 35.5. The molecular formula is C15H10Cl2N2O2. The van der Waals surface area contributed by atoms with Crippen LogP contribution in [0.15, 0.2) is 40.8 Å². The van der Waals surface area contributed by atoms with Crippen LogP contribution in [-0.2, 0) is 0 Å². The van der Waals surface area contributed by atoms with Gasteiger partial charge in [-0.25, -0.2) is 4.98 Å². The molecule has 0 aliphatic carbocycles. The molecule has 0 aliphatic rings. The van der Waals surface area contributed by atoms with Crippen LogP contribution in [0, 0.1) is 6.92 Å². The van der Waals surface area contributed by atoms with E-state index in [0.717, 1.165) is 0 Å². The van der Waals surface area contributed by atoms with Crippen molar-refractivity contribution in [3.63, 3.8) is 0 Å². The van der Waals surface area contributed by atoms with E-state index in [1.165, 1.54) is 6.07 Å². The Morgan fingerprint density at radius 2 is 2.00 bits per heavy atom. The van der Waals surface area contributed by atoms with Crippen LogP contribution in [0.1, 0.15) is 16.2 Å². The molecule has 0 aliphatic heterocycles. The van der Waals surface area contributed by atoms with Crippen molar-refractivity contribution in [1.82, 2.24) is 4.98 Å². The van der Waals surface area contributed by atoms with E-state index < -0.39 is 0 Å². The van der Waals surface area contributed by atoms with Crippen molar-refractivity contribution in [3.05, 3.63) is 57.9 Å². The van der Waals surface area contributed by atoms with Crippen LogP contribution < -0.4 is 5.32 Å². The van der Waals surface area contributed by atoms with E-state index in [0.29, 0.717) is 38.3 Å². The summed E-state index contributed by atoms with van der Waals surface area (Å²) in [4.78, 5) is 16.5. The van der Waals surface area contributed by atoms with E-state index in [1.54, 1.807) is 37.3 Å². The van der Waals surface area contributed by atoms with Crippen molar-refractivity contribution >= 4 is 45.9 Å². The Morgan fingerprint density at radius 1 is 1.19 bits per heavy atom. The smallest absolute Gasteiger partial charge is 0.257 e. The second-order valence-electron chi connectivity index (χ2n) is 4.49. The van der Waals surface area contributed by atoms with Crippen LogP contribution in [0.4, 0.5) is 5.69 Å². The molecule has 0 saturated heterocycles. The number of anilines is 1. The predicted octanol–water partition coefficient (Wildman–Crippen LogP) is 4.70. The quantitative estimate of drug-likeness (QED) is 0.744. The molecule has 1 N–H and O–H groups in total. The van der Waals surface area contributed by atoms with Gasteiger partial charge in [0.25, 0.3) is 5.91 Å². The molecule has 0 radical (unpaired) electrons. The fourth-order valence-corrected chi connectivity index (χ4v) is 2.37. The maximum absolute atomic E-state index is 12.2. The SMILES string of the molecule is Cc1nc2cc(NC(=O)c3cc(Cl)ccc3Cl)ccc2o1. The predicted molar refractivity (Wildman–Crippen MR) is 83.2 cm³/mol. The zero-order chi connectivity index (χ0) is 15.0. The second-order valence-corrected chi connectivity index (χ2v) is 5.34. The molecule has 4 nitrogen and oxygen atoms in total. The van der Waals surface area contributed by atoms with Crippen molar-refractivity contribution < 1.29 is 9.21 Å². The lowest BCUT2D eigenvalue weighted by Gasteiger charge is -2.07. The number of hydrogen-bond acceptors (Lipinski definition) is 3. The lowest BCUT2D eigenvalue weighted by molar-refractivity contribution is 0.102. The lowest BCUT2D eigenvalue weighted by Crippen LogP contribution is -2.12. The summed E-state index contributed by atoms with van der Waals surface area (Å²) in [6, 6.07) is 9.97. The van der Waals surface area contributed by atoms with Gasteiger partial charge in [0.2, 0.25) is 0 Å². The maximum atomic E-state index is 12.2. The highest BCUT2D eigenvalue weighted by Crippen LogP contribution is 2.23. The van der Waals surface area contributed by atoms with E-state index in [1.807, 2.05) is 0 Å². The summed E-state index contributed by atoms with van der Waals surface area (Å²) in [6.07, 6.45) is 0. The highest BCUT2D eigenvalue weighted by Gasteiger charge is 2.12. The number of oxazole rings is 1. The average molecular weight is 321 g/mol. The van der Waals surface area contributed by atoms with Crippen LogP contribution in [0.5, 0.6) is 0 Å².